The van der Waals surface area contributed by atoms with Crippen LogP contribution in [0.1, 0.15) is 24.9 Å². The highest BCUT2D eigenvalue weighted by Gasteiger charge is 2.56. The minimum atomic E-state index is -1.02. The minimum absolute atomic E-state index is 0.0965. The standard InChI is InChI=1S/C15H21NO4/c1-14(17)10-16-13(9-15(14)19-7-8-20-15)11-3-5-12(18-2)6-4-11/h3-6,13,16-17H,7-10H2,1-2H3. The number of benzene rings is 1. The van der Waals surface area contributed by atoms with E-state index in [0.717, 1.165) is 11.3 Å². The van der Waals surface area contributed by atoms with E-state index < -0.39 is 11.4 Å². The van der Waals surface area contributed by atoms with Crippen LogP contribution < -0.4 is 10.1 Å². The van der Waals surface area contributed by atoms with Crippen LogP contribution in [0.15, 0.2) is 24.3 Å². The highest BCUT2D eigenvalue weighted by Crippen LogP contribution is 2.42. The Morgan fingerprint density at radius 3 is 2.50 bits per heavy atom. The third-order valence-corrected chi connectivity index (χ3v) is 4.26. The second-order valence-corrected chi connectivity index (χ2v) is 5.63. The fourth-order valence-electron chi connectivity index (χ4n) is 2.97. The predicted octanol–water partition coefficient (Wildman–Crippen LogP) is 1.22. The van der Waals surface area contributed by atoms with Gasteiger partial charge in [-0.3, -0.25) is 0 Å². The van der Waals surface area contributed by atoms with Gasteiger partial charge >= 0.3 is 0 Å². The van der Waals surface area contributed by atoms with Gasteiger partial charge in [-0.1, -0.05) is 12.1 Å². The van der Waals surface area contributed by atoms with E-state index in [4.69, 9.17) is 14.2 Å². The van der Waals surface area contributed by atoms with Gasteiger partial charge in [-0.25, -0.2) is 0 Å². The Morgan fingerprint density at radius 1 is 1.25 bits per heavy atom. The van der Waals surface area contributed by atoms with Crippen LogP contribution in [0.25, 0.3) is 0 Å². The second kappa shape index (κ2) is 5.00. The zero-order valence-corrected chi connectivity index (χ0v) is 11.9. The number of hydrogen-bond donors (Lipinski definition) is 2. The Morgan fingerprint density at radius 2 is 1.90 bits per heavy atom. The maximum absolute atomic E-state index is 10.5. The van der Waals surface area contributed by atoms with Crippen LogP contribution in [0.2, 0.25) is 0 Å². The molecule has 2 aliphatic heterocycles. The Labute approximate surface area is 118 Å². The first-order chi connectivity index (χ1) is 9.56. The predicted molar refractivity (Wildman–Crippen MR) is 73.6 cm³/mol. The minimum Gasteiger partial charge on any atom is -0.497 e. The van der Waals surface area contributed by atoms with Crippen molar-refractivity contribution in [2.75, 3.05) is 26.9 Å². The average molecular weight is 279 g/mol. The van der Waals surface area contributed by atoms with E-state index in [2.05, 4.69) is 5.32 Å². The summed E-state index contributed by atoms with van der Waals surface area (Å²) in [5.41, 5.74) is 0.117. The van der Waals surface area contributed by atoms with E-state index in [1.165, 1.54) is 0 Å². The summed E-state index contributed by atoms with van der Waals surface area (Å²) >= 11 is 0. The Hall–Kier alpha value is -1.14. The van der Waals surface area contributed by atoms with Crippen LogP contribution in [0, 0.1) is 0 Å². The quantitative estimate of drug-likeness (QED) is 0.852. The fourth-order valence-corrected chi connectivity index (χ4v) is 2.97. The number of hydrogen-bond acceptors (Lipinski definition) is 5. The molecule has 0 bridgehead atoms. The molecule has 1 aromatic rings. The topological polar surface area (TPSA) is 60.0 Å². The number of methoxy groups -OCH3 is 1. The third kappa shape index (κ3) is 2.20. The molecule has 20 heavy (non-hydrogen) atoms. The highest BCUT2D eigenvalue weighted by atomic mass is 16.7. The summed E-state index contributed by atoms with van der Waals surface area (Å²) in [5.74, 6) is -0.0670. The van der Waals surface area contributed by atoms with Crippen molar-refractivity contribution < 1.29 is 19.3 Å². The monoisotopic (exact) mass is 279 g/mol. The molecular formula is C15H21NO4. The summed E-state index contributed by atoms with van der Waals surface area (Å²) < 4.78 is 16.7. The second-order valence-electron chi connectivity index (χ2n) is 5.63. The van der Waals surface area contributed by atoms with Gasteiger partial charge < -0.3 is 24.6 Å². The molecule has 0 aromatic heterocycles. The van der Waals surface area contributed by atoms with Crippen LogP contribution >= 0.6 is 0 Å². The normalized spacial score (nSPS) is 32.5. The van der Waals surface area contributed by atoms with Crippen molar-refractivity contribution in [3.8, 4) is 5.75 Å². The van der Waals surface area contributed by atoms with Gasteiger partial charge in [0.05, 0.1) is 20.3 Å². The molecule has 0 radical (unpaired) electrons. The van der Waals surface area contributed by atoms with Crippen molar-refractivity contribution in [3.63, 3.8) is 0 Å². The van der Waals surface area contributed by atoms with E-state index >= 15 is 0 Å². The molecule has 2 saturated heterocycles. The van der Waals surface area contributed by atoms with Crippen molar-refractivity contribution in [2.45, 2.75) is 30.8 Å². The number of ether oxygens (including phenoxy) is 3. The molecule has 0 amide bonds. The summed E-state index contributed by atoms with van der Waals surface area (Å²) in [5, 5.41) is 13.9. The van der Waals surface area contributed by atoms with E-state index in [0.29, 0.717) is 26.2 Å². The molecule has 110 valence electrons. The van der Waals surface area contributed by atoms with Gasteiger partial charge in [0.1, 0.15) is 11.4 Å². The summed E-state index contributed by atoms with van der Waals surface area (Å²) in [7, 11) is 1.65. The van der Waals surface area contributed by atoms with Crippen molar-refractivity contribution in [3.05, 3.63) is 29.8 Å². The fraction of sp³-hybridized carbons (Fsp3) is 0.600. The van der Waals surface area contributed by atoms with E-state index in [1.54, 1.807) is 14.0 Å². The van der Waals surface area contributed by atoms with Gasteiger partial charge in [0.15, 0.2) is 5.79 Å². The van der Waals surface area contributed by atoms with Crippen molar-refractivity contribution in [1.29, 1.82) is 0 Å². The van der Waals surface area contributed by atoms with Gasteiger partial charge in [0.2, 0.25) is 0 Å². The molecule has 2 fully saturated rings. The number of nitrogens with one attached hydrogen (secondary N) is 1. The van der Waals surface area contributed by atoms with Gasteiger partial charge in [0.25, 0.3) is 0 Å². The third-order valence-electron chi connectivity index (χ3n) is 4.26. The van der Waals surface area contributed by atoms with Crippen molar-refractivity contribution >= 4 is 0 Å². The lowest BCUT2D eigenvalue weighted by Crippen LogP contribution is -2.63. The first-order valence-electron chi connectivity index (χ1n) is 6.94. The molecule has 2 unspecified atom stereocenters. The summed E-state index contributed by atoms with van der Waals surface area (Å²) in [6.07, 6.45) is 0.590. The maximum atomic E-state index is 10.5. The first-order valence-corrected chi connectivity index (χ1v) is 6.94. The van der Waals surface area contributed by atoms with E-state index in [1.807, 2.05) is 24.3 Å². The number of piperidine rings is 1. The molecule has 0 aliphatic carbocycles. The molecule has 0 saturated carbocycles. The van der Waals surface area contributed by atoms with Gasteiger partial charge in [-0.15, -0.1) is 0 Å². The number of β-amino-alcohol motifs (C(OH)–C–C–N with tert-alkyl or cyclic N) is 1. The van der Waals surface area contributed by atoms with Gasteiger partial charge in [0, 0.05) is 19.0 Å². The van der Waals surface area contributed by atoms with Gasteiger partial charge in [-0.2, -0.15) is 0 Å². The Bertz CT molecular complexity index is 465. The molecule has 2 aliphatic rings. The molecule has 1 spiro atoms. The molecule has 5 nitrogen and oxygen atoms in total. The van der Waals surface area contributed by atoms with Crippen LogP contribution in [0.3, 0.4) is 0 Å². The van der Waals surface area contributed by atoms with Crippen molar-refractivity contribution in [1.82, 2.24) is 5.32 Å². The molecular weight excluding hydrogens is 258 g/mol. The summed E-state index contributed by atoms with van der Waals surface area (Å²) in [6.45, 7) is 3.26. The lowest BCUT2D eigenvalue weighted by molar-refractivity contribution is -0.279. The lowest BCUT2D eigenvalue weighted by atomic mass is 9.83. The molecule has 1 aromatic carbocycles. The highest BCUT2D eigenvalue weighted by molar-refractivity contribution is 5.30. The first kappa shape index (κ1) is 13.8. The summed E-state index contributed by atoms with van der Waals surface area (Å²) in [6, 6.07) is 8.03. The zero-order valence-electron chi connectivity index (χ0n) is 11.9. The SMILES string of the molecule is COc1ccc(C2CC3(OCCO3)C(C)(O)CN2)cc1. The molecule has 2 N–H and O–H groups in total. The van der Waals surface area contributed by atoms with Crippen LogP contribution in [-0.4, -0.2) is 43.4 Å². The molecule has 3 rings (SSSR count). The van der Waals surface area contributed by atoms with Crippen LogP contribution in [-0.2, 0) is 9.47 Å². The summed E-state index contributed by atoms with van der Waals surface area (Å²) in [4.78, 5) is 0. The average Bonchev–Trinajstić information content (AvgIpc) is 2.93. The van der Waals surface area contributed by atoms with E-state index in [-0.39, 0.29) is 6.04 Å². The Kier molecular flexibility index (Phi) is 3.46. The number of rotatable bonds is 2. The van der Waals surface area contributed by atoms with Crippen molar-refractivity contribution in [2.24, 2.45) is 0 Å². The lowest BCUT2D eigenvalue weighted by Gasteiger charge is -2.47. The van der Waals surface area contributed by atoms with Crippen LogP contribution in [0.4, 0.5) is 0 Å². The molecule has 5 heteroatoms. The maximum Gasteiger partial charge on any atom is 0.200 e. The smallest absolute Gasteiger partial charge is 0.200 e. The van der Waals surface area contributed by atoms with Gasteiger partial charge in [-0.05, 0) is 24.6 Å². The number of aliphatic hydroxyl groups is 1. The van der Waals surface area contributed by atoms with E-state index in [9.17, 15) is 5.11 Å². The largest absolute Gasteiger partial charge is 0.497 e. The molecule has 2 heterocycles. The van der Waals surface area contributed by atoms with Crippen LogP contribution in [0.5, 0.6) is 5.75 Å². The zero-order chi connectivity index (χ0) is 14.2. The molecule has 2 atom stereocenters. The Balaban J connectivity index is 1.82.